The van der Waals surface area contributed by atoms with Crippen molar-refractivity contribution in [2.75, 3.05) is 7.11 Å². The summed E-state index contributed by atoms with van der Waals surface area (Å²) in [5.74, 6) is -0.113. The number of hydrogen-bond donors (Lipinski definition) is 0. The lowest BCUT2D eigenvalue weighted by Gasteiger charge is -2.24. The molecule has 4 aromatic rings. The lowest BCUT2D eigenvalue weighted by atomic mass is 9.93. The standard InChI is InChI=1S/C30H29N3O3S/c1-6-15-32-17-22(23-9-7-8-10-24(23)32)16-25-28(34)33-27(21-13-11-20(12-14-21)18(2)3)26(29(35)36-5)19(4)31-30(33)37-25/h6-14,16-18,27H,1,15H2,2-5H3/t27-/m1/s1. The Balaban J connectivity index is 1.73. The summed E-state index contributed by atoms with van der Waals surface area (Å²) in [5.41, 5.74) is 4.80. The zero-order valence-electron chi connectivity index (χ0n) is 21.4. The van der Waals surface area contributed by atoms with E-state index in [0.29, 0.717) is 33.1 Å². The number of nitrogens with zero attached hydrogens (tertiary/aromatic N) is 3. The molecule has 0 fully saturated rings. The third-order valence-electron chi connectivity index (χ3n) is 6.78. The molecule has 1 aliphatic heterocycles. The molecule has 2 aromatic carbocycles. The van der Waals surface area contributed by atoms with Crippen molar-refractivity contribution in [2.24, 2.45) is 4.99 Å². The van der Waals surface area contributed by atoms with Crippen LogP contribution < -0.4 is 14.9 Å². The van der Waals surface area contributed by atoms with Crippen LogP contribution in [-0.2, 0) is 16.1 Å². The largest absolute Gasteiger partial charge is 0.466 e. The van der Waals surface area contributed by atoms with Gasteiger partial charge in [-0.15, -0.1) is 6.58 Å². The molecule has 188 valence electrons. The smallest absolute Gasteiger partial charge is 0.338 e. The number of benzene rings is 2. The highest BCUT2D eigenvalue weighted by molar-refractivity contribution is 7.07. The topological polar surface area (TPSA) is 65.6 Å². The number of rotatable bonds is 6. The quantitative estimate of drug-likeness (QED) is 0.279. The molecule has 0 amide bonds. The van der Waals surface area contributed by atoms with Crippen LogP contribution in [0.15, 0.2) is 88.4 Å². The van der Waals surface area contributed by atoms with Crippen LogP contribution in [0.4, 0.5) is 0 Å². The number of carbonyl (C=O) groups is 1. The van der Waals surface area contributed by atoms with E-state index in [1.807, 2.05) is 42.6 Å². The van der Waals surface area contributed by atoms with Gasteiger partial charge in [-0.05, 0) is 36.1 Å². The van der Waals surface area contributed by atoms with Crippen molar-refractivity contribution in [1.29, 1.82) is 0 Å². The van der Waals surface area contributed by atoms with Crippen LogP contribution in [0, 0.1) is 0 Å². The molecule has 0 bridgehead atoms. The second-order valence-electron chi connectivity index (χ2n) is 9.44. The maximum absolute atomic E-state index is 13.9. The molecular weight excluding hydrogens is 482 g/mol. The average molecular weight is 512 g/mol. The molecule has 0 radical (unpaired) electrons. The normalized spacial score (nSPS) is 15.7. The number of fused-ring (bicyclic) bond motifs is 2. The van der Waals surface area contributed by atoms with Crippen molar-refractivity contribution in [3.63, 3.8) is 0 Å². The number of ether oxygens (including phenoxy) is 1. The molecule has 6 nitrogen and oxygen atoms in total. The molecule has 0 unspecified atom stereocenters. The lowest BCUT2D eigenvalue weighted by Crippen LogP contribution is -2.39. The molecule has 2 aromatic heterocycles. The summed E-state index contributed by atoms with van der Waals surface area (Å²) in [7, 11) is 1.35. The highest BCUT2D eigenvalue weighted by Gasteiger charge is 2.33. The highest BCUT2D eigenvalue weighted by atomic mass is 32.1. The molecule has 37 heavy (non-hydrogen) atoms. The zero-order chi connectivity index (χ0) is 26.3. The first-order valence-corrected chi connectivity index (χ1v) is 13.0. The summed E-state index contributed by atoms with van der Waals surface area (Å²) in [6.45, 7) is 10.6. The monoisotopic (exact) mass is 511 g/mol. The number of para-hydroxylation sites is 1. The third-order valence-corrected chi connectivity index (χ3v) is 7.76. The van der Waals surface area contributed by atoms with Crippen LogP contribution in [-0.4, -0.2) is 22.2 Å². The molecule has 0 spiro atoms. The fourth-order valence-electron chi connectivity index (χ4n) is 4.89. The maximum Gasteiger partial charge on any atom is 0.338 e. The van der Waals surface area contributed by atoms with Gasteiger partial charge < -0.3 is 9.30 Å². The molecule has 0 N–H and O–H groups in total. The number of carbonyl (C=O) groups excluding carboxylic acids is 1. The van der Waals surface area contributed by atoms with Crippen molar-refractivity contribution in [2.45, 2.75) is 39.3 Å². The molecule has 1 aliphatic rings. The number of hydrogen-bond acceptors (Lipinski definition) is 5. The van der Waals surface area contributed by atoms with Gasteiger partial charge in [0.15, 0.2) is 4.80 Å². The van der Waals surface area contributed by atoms with Gasteiger partial charge in [0.25, 0.3) is 5.56 Å². The van der Waals surface area contributed by atoms with Crippen molar-refractivity contribution in [1.82, 2.24) is 9.13 Å². The Bertz CT molecular complexity index is 1730. The summed E-state index contributed by atoms with van der Waals surface area (Å²) in [4.78, 5) is 32.0. The Morgan fingerprint density at radius 2 is 1.92 bits per heavy atom. The molecule has 0 saturated heterocycles. The van der Waals surface area contributed by atoms with Crippen molar-refractivity contribution in [3.05, 3.63) is 115 Å². The summed E-state index contributed by atoms with van der Waals surface area (Å²) >= 11 is 1.33. The first-order valence-electron chi connectivity index (χ1n) is 12.2. The fourth-order valence-corrected chi connectivity index (χ4v) is 5.93. The van der Waals surface area contributed by atoms with E-state index in [1.165, 1.54) is 24.0 Å². The van der Waals surface area contributed by atoms with Gasteiger partial charge in [0.2, 0.25) is 0 Å². The van der Waals surface area contributed by atoms with Crippen LogP contribution in [0.1, 0.15) is 49.4 Å². The number of allylic oxidation sites excluding steroid dienone is 2. The first kappa shape index (κ1) is 24.7. The SMILES string of the molecule is C=CCn1cc(C=c2sc3n(c2=O)[C@H](c2ccc(C(C)C)cc2)C(C(=O)OC)=C(C)N=3)c2ccccc21. The number of methoxy groups -OCH3 is 1. The van der Waals surface area contributed by atoms with Crippen LogP contribution in [0.2, 0.25) is 0 Å². The summed E-state index contributed by atoms with van der Waals surface area (Å²) in [6, 6.07) is 15.6. The predicted molar refractivity (Wildman–Crippen MR) is 148 cm³/mol. The van der Waals surface area contributed by atoms with Crippen LogP contribution in [0.5, 0.6) is 0 Å². The van der Waals surface area contributed by atoms with Crippen molar-refractivity contribution < 1.29 is 9.53 Å². The van der Waals surface area contributed by atoms with E-state index in [0.717, 1.165) is 22.0 Å². The van der Waals surface area contributed by atoms with E-state index < -0.39 is 12.0 Å². The third kappa shape index (κ3) is 4.29. The number of thiazole rings is 1. The van der Waals surface area contributed by atoms with Gasteiger partial charge in [0.1, 0.15) is 0 Å². The Labute approximate surface area is 219 Å². The Hall–Kier alpha value is -3.97. The van der Waals surface area contributed by atoms with E-state index in [1.54, 1.807) is 11.5 Å². The molecule has 7 heteroatoms. The first-order chi connectivity index (χ1) is 17.8. The molecule has 5 rings (SSSR count). The Morgan fingerprint density at radius 3 is 2.59 bits per heavy atom. The second kappa shape index (κ2) is 9.82. The Kier molecular flexibility index (Phi) is 6.56. The predicted octanol–water partition coefficient (Wildman–Crippen LogP) is 4.67. The summed E-state index contributed by atoms with van der Waals surface area (Å²) in [6.07, 6.45) is 5.81. The van der Waals surface area contributed by atoms with Gasteiger partial charge in [-0.1, -0.05) is 73.7 Å². The minimum atomic E-state index is -0.617. The molecular formula is C30H29N3O3S. The summed E-state index contributed by atoms with van der Waals surface area (Å²) in [5, 5.41) is 1.06. The lowest BCUT2D eigenvalue weighted by molar-refractivity contribution is -0.136. The fraction of sp³-hybridized carbons (Fsp3) is 0.233. The van der Waals surface area contributed by atoms with E-state index in [4.69, 9.17) is 4.74 Å². The van der Waals surface area contributed by atoms with Crippen LogP contribution in [0.25, 0.3) is 17.0 Å². The molecule has 0 aliphatic carbocycles. The van der Waals surface area contributed by atoms with E-state index in [-0.39, 0.29) is 5.56 Å². The molecule has 1 atom stereocenters. The van der Waals surface area contributed by atoms with Gasteiger partial charge in [0, 0.05) is 29.2 Å². The maximum atomic E-state index is 13.9. The molecule has 0 saturated carbocycles. The van der Waals surface area contributed by atoms with Crippen LogP contribution >= 0.6 is 11.3 Å². The Morgan fingerprint density at radius 1 is 1.19 bits per heavy atom. The van der Waals surface area contributed by atoms with Crippen LogP contribution in [0.3, 0.4) is 0 Å². The summed E-state index contributed by atoms with van der Waals surface area (Å²) < 4.78 is 9.42. The van der Waals surface area contributed by atoms with E-state index in [2.05, 4.69) is 54.3 Å². The van der Waals surface area contributed by atoms with Gasteiger partial charge in [-0.3, -0.25) is 9.36 Å². The minimum absolute atomic E-state index is 0.184. The highest BCUT2D eigenvalue weighted by Crippen LogP contribution is 2.31. The van der Waals surface area contributed by atoms with Gasteiger partial charge >= 0.3 is 5.97 Å². The van der Waals surface area contributed by atoms with Crippen molar-refractivity contribution in [3.8, 4) is 0 Å². The van der Waals surface area contributed by atoms with E-state index in [9.17, 15) is 9.59 Å². The average Bonchev–Trinajstić information content (AvgIpc) is 3.40. The minimum Gasteiger partial charge on any atom is -0.466 e. The van der Waals surface area contributed by atoms with E-state index >= 15 is 0 Å². The molecule has 3 heterocycles. The number of esters is 1. The van der Waals surface area contributed by atoms with Gasteiger partial charge in [-0.25, -0.2) is 9.79 Å². The van der Waals surface area contributed by atoms with Gasteiger partial charge in [0.05, 0.1) is 29.0 Å². The van der Waals surface area contributed by atoms with Gasteiger partial charge in [-0.2, -0.15) is 0 Å². The number of aromatic nitrogens is 2. The van der Waals surface area contributed by atoms with Crippen molar-refractivity contribution >= 4 is 34.3 Å². The second-order valence-corrected chi connectivity index (χ2v) is 10.4. The zero-order valence-corrected chi connectivity index (χ0v) is 22.2.